The highest BCUT2D eigenvalue weighted by Gasteiger charge is 2.23. The van der Waals surface area contributed by atoms with Gasteiger partial charge in [0.05, 0.1) is 30.7 Å². The van der Waals surface area contributed by atoms with Crippen LogP contribution in [-0.2, 0) is 4.79 Å². The van der Waals surface area contributed by atoms with Gasteiger partial charge in [0.1, 0.15) is 11.5 Å². The maximum absolute atomic E-state index is 12.8. The van der Waals surface area contributed by atoms with Crippen molar-refractivity contribution in [3.05, 3.63) is 78.9 Å². The number of methoxy groups -OCH3 is 2. The summed E-state index contributed by atoms with van der Waals surface area (Å²) in [6, 6.07) is 24.6. The molecule has 0 aliphatic rings. The second-order valence-electron chi connectivity index (χ2n) is 7.16. The first-order chi connectivity index (χ1) is 16.1. The molecule has 0 radical (unpaired) electrons. The number of carbonyl (C=O) groups excluding carboxylic acids is 1. The number of hydrogen-bond acceptors (Lipinski definition) is 6. The minimum Gasteiger partial charge on any atom is -0.497 e. The molecule has 0 bridgehead atoms. The zero-order valence-corrected chi connectivity index (χ0v) is 19.4. The lowest BCUT2D eigenvalue weighted by atomic mass is 10.2. The third kappa shape index (κ3) is 5.01. The van der Waals surface area contributed by atoms with Crippen LogP contribution >= 0.6 is 11.8 Å². The Labute approximate surface area is 196 Å². The average molecular weight is 461 g/mol. The molecule has 1 aromatic heterocycles. The van der Waals surface area contributed by atoms with Crippen molar-refractivity contribution < 1.29 is 14.3 Å². The molecule has 1 N–H and O–H groups in total. The van der Waals surface area contributed by atoms with E-state index in [0.717, 1.165) is 22.7 Å². The lowest BCUT2D eigenvalue weighted by molar-refractivity contribution is -0.115. The summed E-state index contributed by atoms with van der Waals surface area (Å²) in [5.74, 6) is 1.94. The van der Waals surface area contributed by atoms with Crippen LogP contribution in [0.1, 0.15) is 6.92 Å². The van der Waals surface area contributed by atoms with Gasteiger partial charge in [0.25, 0.3) is 0 Å². The molecule has 8 heteroatoms. The van der Waals surface area contributed by atoms with E-state index in [1.165, 1.54) is 11.8 Å². The highest BCUT2D eigenvalue weighted by atomic mass is 32.2. The number of carbonyl (C=O) groups is 1. The minimum atomic E-state index is -0.406. The van der Waals surface area contributed by atoms with Crippen molar-refractivity contribution in [2.75, 3.05) is 19.5 Å². The van der Waals surface area contributed by atoms with Gasteiger partial charge in [-0.3, -0.25) is 9.36 Å². The zero-order valence-electron chi connectivity index (χ0n) is 18.6. The fourth-order valence-electron chi connectivity index (χ4n) is 3.29. The van der Waals surface area contributed by atoms with E-state index in [2.05, 4.69) is 15.5 Å². The summed E-state index contributed by atoms with van der Waals surface area (Å²) in [4.78, 5) is 12.8. The van der Waals surface area contributed by atoms with Crippen molar-refractivity contribution in [2.45, 2.75) is 17.3 Å². The van der Waals surface area contributed by atoms with E-state index in [1.807, 2.05) is 90.4 Å². The van der Waals surface area contributed by atoms with Crippen molar-refractivity contribution in [1.82, 2.24) is 14.8 Å². The minimum absolute atomic E-state index is 0.116. The van der Waals surface area contributed by atoms with Crippen LogP contribution in [0.5, 0.6) is 11.5 Å². The van der Waals surface area contributed by atoms with Crippen LogP contribution in [0.3, 0.4) is 0 Å². The van der Waals surface area contributed by atoms with Gasteiger partial charge in [-0.2, -0.15) is 0 Å². The molecule has 7 nitrogen and oxygen atoms in total. The maximum atomic E-state index is 12.8. The number of amides is 1. The van der Waals surface area contributed by atoms with Gasteiger partial charge in [-0.05, 0) is 55.5 Å². The summed E-state index contributed by atoms with van der Waals surface area (Å²) in [6.07, 6.45) is 0. The summed E-state index contributed by atoms with van der Waals surface area (Å²) >= 11 is 1.34. The molecule has 1 amide bonds. The highest BCUT2D eigenvalue weighted by Crippen LogP contribution is 2.34. The monoisotopic (exact) mass is 460 g/mol. The molecule has 168 valence electrons. The van der Waals surface area contributed by atoms with Crippen molar-refractivity contribution in [3.63, 3.8) is 0 Å². The van der Waals surface area contributed by atoms with Crippen LogP contribution in [0.15, 0.2) is 84.0 Å². The Morgan fingerprint density at radius 2 is 1.61 bits per heavy atom. The van der Waals surface area contributed by atoms with Crippen molar-refractivity contribution in [2.24, 2.45) is 0 Å². The Morgan fingerprint density at radius 1 is 0.909 bits per heavy atom. The third-order valence-electron chi connectivity index (χ3n) is 5.00. The summed E-state index contributed by atoms with van der Waals surface area (Å²) in [7, 11) is 3.25. The van der Waals surface area contributed by atoms with E-state index >= 15 is 0 Å². The number of hydrogen-bond donors (Lipinski definition) is 1. The molecule has 0 saturated carbocycles. The van der Waals surface area contributed by atoms with Gasteiger partial charge < -0.3 is 14.8 Å². The average Bonchev–Trinajstić information content (AvgIpc) is 3.27. The lowest BCUT2D eigenvalue weighted by Crippen LogP contribution is -2.22. The summed E-state index contributed by atoms with van der Waals surface area (Å²) in [5, 5.41) is 12.0. The Balaban J connectivity index is 1.70. The molecule has 0 aliphatic heterocycles. The number of ether oxygens (including phenoxy) is 2. The lowest BCUT2D eigenvalue weighted by Gasteiger charge is -2.15. The topological polar surface area (TPSA) is 78.3 Å². The smallest absolute Gasteiger partial charge is 0.237 e. The number of aromatic nitrogens is 3. The molecule has 0 fully saturated rings. The summed E-state index contributed by atoms with van der Waals surface area (Å²) in [6.45, 7) is 1.85. The second kappa shape index (κ2) is 10.2. The Hall–Kier alpha value is -3.78. The molecule has 3 aromatic carbocycles. The number of anilines is 1. The Morgan fingerprint density at radius 3 is 2.30 bits per heavy atom. The molecule has 1 atom stereocenters. The van der Waals surface area contributed by atoms with Crippen molar-refractivity contribution >= 4 is 23.4 Å². The van der Waals surface area contributed by atoms with E-state index in [0.29, 0.717) is 16.7 Å². The zero-order chi connectivity index (χ0) is 23.2. The van der Waals surface area contributed by atoms with Crippen LogP contribution in [-0.4, -0.2) is 40.1 Å². The number of rotatable bonds is 8. The van der Waals surface area contributed by atoms with Crippen LogP contribution in [0.2, 0.25) is 0 Å². The Kier molecular flexibility index (Phi) is 6.95. The standard InChI is InChI=1S/C25H24N4O3S/c1-17(24(30)26-18-9-5-4-6-10-18)33-25-28-27-23(21-11-7-8-12-22(21)32-3)29(25)19-13-15-20(31-2)16-14-19/h4-17H,1-3H3,(H,26,30)/t17-/m1/s1. The van der Waals surface area contributed by atoms with Crippen LogP contribution in [0.4, 0.5) is 5.69 Å². The van der Waals surface area contributed by atoms with E-state index < -0.39 is 5.25 Å². The fraction of sp³-hybridized carbons (Fsp3) is 0.160. The molecule has 1 heterocycles. The van der Waals surface area contributed by atoms with Crippen LogP contribution in [0.25, 0.3) is 17.1 Å². The predicted molar refractivity (Wildman–Crippen MR) is 130 cm³/mol. The Bertz CT molecular complexity index is 1230. The number of nitrogens with one attached hydrogen (secondary N) is 1. The normalized spacial score (nSPS) is 11.6. The predicted octanol–water partition coefficient (Wildman–Crippen LogP) is 5.07. The first-order valence-electron chi connectivity index (χ1n) is 10.4. The van der Waals surface area contributed by atoms with E-state index in [1.54, 1.807) is 14.2 Å². The molecule has 4 rings (SSSR count). The van der Waals surface area contributed by atoms with E-state index in [9.17, 15) is 4.79 Å². The number of nitrogens with zero attached hydrogens (tertiary/aromatic N) is 3. The van der Waals surface area contributed by atoms with E-state index in [-0.39, 0.29) is 5.91 Å². The molecule has 0 unspecified atom stereocenters. The molecular weight excluding hydrogens is 436 g/mol. The molecule has 0 saturated heterocycles. The number of benzene rings is 3. The van der Waals surface area contributed by atoms with Gasteiger partial charge in [-0.25, -0.2) is 0 Å². The molecule has 0 aliphatic carbocycles. The van der Waals surface area contributed by atoms with Crippen molar-refractivity contribution in [3.8, 4) is 28.6 Å². The first kappa shape index (κ1) is 22.4. The van der Waals surface area contributed by atoms with Gasteiger partial charge in [0.15, 0.2) is 11.0 Å². The molecule has 0 spiro atoms. The third-order valence-corrected chi connectivity index (χ3v) is 6.05. The molecule has 33 heavy (non-hydrogen) atoms. The summed E-state index contributed by atoms with van der Waals surface area (Å²) < 4.78 is 12.8. The number of thioether (sulfide) groups is 1. The van der Waals surface area contributed by atoms with Gasteiger partial charge >= 0.3 is 0 Å². The number of para-hydroxylation sites is 2. The second-order valence-corrected chi connectivity index (χ2v) is 8.46. The largest absolute Gasteiger partial charge is 0.497 e. The quantitative estimate of drug-likeness (QED) is 0.370. The van der Waals surface area contributed by atoms with Crippen molar-refractivity contribution in [1.29, 1.82) is 0 Å². The fourth-order valence-corrected chi connectivity index (χ4v) is 4.16. The first-order valence-corrected chi connectivity index (χ1v) is 11.2. The van der Waals surface area contributed by atoms with Crippen LogP contribution < -0.4 is 14.8 Å². The van der Waals surface area contributed by atoms with E-state index in [4.69, 9.17) is 9.47 Å². The van der Waals surface area contributed by atoms with Gasteiger partial charge in [-0.15, -0.1) is 10.2 Å². The van der Waals surface area contributed by atoms with Crippen LogP contribution in [0, 0.1) is 0 Å². The molecular formula is C25H24N4O3S. The maximum Gasteiger partial charge on any atom is 0.237 e. The molecule has 4 aromatic rings. The van der Waals surface area contributed by atoms with Gasteiger partial charge in [0.2, 0.25) is 5.91 Å². The summed E-state index contributed by atoms with van der Waals surface area (Å²) in [5.41, 5.74) is 2.40. The highest BCUT2D eigenvalue weighted by molar-refractivity contribution is 8.00. The van der Waals surface area contributed by atoms with Gasteiger partial charge in [0, 0.05) is 5.69 Å². The van der Waals surface area contributed by atoms with Gasteiger partial charge in [-0.1, -0.05) is 42.1 Å². The SMILES string of the molecule is COc1ccc(-n2c(S[C@H](C)C(=O)Nc3ccccc3)nnc2-c2ccccc2OC)cc1.